The molecule has 0 atom stereocenters. The monoisotopic (exact) mass is 464 g/mol. The first-order chi connectivity index (χ1) is 7.97. The Morgan fingerprint density at radius 1 is 0.722 bits per heavy atom. The van der Waals surface area contributed by atoms with E-state index in [9.17, 15) is 0 Å². The van der Waals surface area contributed by atoms with Crippen LogP contribution < -0.4 is 0 Å². The van der Waals surface area contributed by atoms with Crippen molar-refractivity contribution in [3.63, 3.8) is 0 Å². The SMILES string of the molecule is CC(C)(C)[N]1[Ge][N](C(C)(C)C)[Si]1(C)C.C[Se].C[Se]. The van der Waals surface area contributed by atoms with Crippen LogP contribution in [0.25, 0.3) is 0 Å². The van der Waals surface area contributed by atoms with Gasteiger partial charge in [-0.2, -0.15) is 0 Å². The third kappa shape index (κ3) is 5.61. The van der Waals surface area contributed by atoms with Crippen molar-refractivity contribution in [2.45, 2.75) is 77.4 Å². The third-order valence-corrected chi connectivity index (χ3v) is 17.7. The van der Waals surface area contributed by atoms with Gasteiger partial charge in [-0.25, -0.2) is 0 Å². The Balaban J connectivity index is 0. The standard InChI is InChI=1S/C10H24GeN2Si.2CH3Se/c1-9(2,3)12-11-13(10(4,5)6)14(12,7)8;2*1-2/h1-8H3;2*1H3. The van der Waals surface area contributed by atoms with Crippen molar-refractivity contribution in [2.75, 3.05) is 0 Å². The van der Waals surface area contributed by atoms with Crippen molar-refractivity contribution in [1.29, 1.82) is 0 Å². The second-order valence-corrected chi connectivity index (χ2v) is 14.7. The molecule has 0 aromatic rings. The Labute approximate surface area is 140 Å². The fourth-order valence-electron chi connectivity index (χ4n) is 2.34. The topological polar surface area (TPSA) is 6.48 Å². The van der Waals surface area contributed by atoms with Crippen LogP contribution in [0.15, 0.2) is 0 Å². The van der Waals surface area contributed by atoms with E-state index in [1.54, 1.807) is 0 Å². The molecule has 108 valence electrons. The maximum atomic E-state index is 2.81. The number of rotatable bonds is 0. The molecule has 0 spiro atoms. The molecular weight excluding hydrogens is 431 g/mol. The predicted octanol–water partition coefficient (Wildman–Crippen LogP) is 2.84. The zero-order chi connectivity index (χ0) is 15.4. The van der Waals surface area contributed by atoms with Crippen LogP contribution in [-0.4, -0.2) is 74.4 Å². The fourth-order valence-corrected chi connectivity index (χ4v) is 12.1. The van der Waals surface area contributed by atoms with E-state index < -0.39 is 8.40 Å². The van der Waals surface area contributed by atoms with Crippen LogP contribution >= 0.6 is 0 Å². The first kappa shape index (κ1) is 22.0. The summed E-state index contributed by atoms with van der Waals surface area (Å²) >= 11 is 5.23. The Morgan fingerprint density at radius 3 is 1.06 bits per heavy atom. The van der Waals surface area contributed by atoms with E-state index in [4.69, 9.17) is 0 Å². The van der Waals surface area contributed by atoms with Gasteiger partial charge in [-0.1, -0.05) is 0 Å². The quantitative estimate of drug-likeness (QED) is 0.513. The minimum atomic E-state index is -1.26. The minimum absolute atomic E-state index is 0.0216. The summed E-state index contributed by atoms with van der Waals surface area (Å²) < 4.78 is 5.62. The van der Waals surface area contributed by atoms with Gasteiger partial charge >= 0.3 is 141 Å². The van der Waals surface area contributed by atoms with Crippen LogP contribution in [0.3, 0.4) is 0 Å². The van der Waals surface area contributed by atoms with E-state index in [0.29, 0.717) is 11.1 Å². The summed E-state index contributed by atoms with van der Waals surface area (Å²) in [5, 5.41) is 0. The zero-order valence-corrected chi connectivity index (χ0v) is 20.2. The van der Waals surface area contributed by atoms with Gasteiger partial charge in [0.25, 0.3) is 0 Å². The van der Waals surface area contributed by atoms with Gasteiger partial charge in [-0.05, 0) is 0 Å². The Hall–Kier alpha value is 1.72. The molecule has 6 heteroatoms. The molecule has 0 bridgehead atoms. The van der Waals surface area contributed by atoms with Crippen molar-refractivity contribution >= 4 is 56.3 Å². The molecule has 0 saturated carbocycles. The second-order valence-electron chi connectivity index (χ2n) is 6.61. The van der Waals surface area contributed by atoms with E-state index in [1.807, 2.05) is 11.6 Å². The summed E-state index contributed by atoms with van der Waals surface area (Å²) in [5.41, 5.74) is 0.773. The van der Waals surface area contributed by atoms with E-state index in [-0.39, 0.29) is 15.9 Å². The maximum absolute atomic E-state index is 2.81. The van der Waals surface area contributed by atoms with Crippen LogP contribution in [0.4, 0.5) is 0 Å². The zero-order valence-electron chi connectivity index (χ0n) is 13.7. The van der Waals surface area contributed by atoms with E-state index in [2.05, 4.69) is 93.7 Å². The van der Waals surface area contributed by atoms with Gasteiger partial charge in [0.05, 0.1) is 0 Å². The fraction of sp³-hybridized carbons (Fsp3) is 1.00. The Kier molecular flexibility index (Phi) is 10.1. The van der Waals surface area contributed by atoms with Gasteiger partial charge < -0.3 is 0 Å². The van der Waals surface area contributed by atoms with Crippen molar-refractivity contribution < 1.29 is 0 Å². The van der Waals surface area contributed by atoms with Crippen molar-refractivity contribution in [2.24, 2.45) is 0 Å². The summed E-state index contributed by atoms with van der Waals surface area (Å²) in [5.74, 6) is 3.75. The van der Waals surface area contributed by atoms with Crippen LogP contribution in [-0.2, 0) is 0 Å². The van der Waals surface area contributed by atoms with E-state index in [0.717, 1.165) is 0 Å². The number of hydrogen-bond donors (Lipinski definition) is 0. The van der Waals surface area contributed by atoms with Crippen molar-refractivity contribution in [3.8, 4) is 0 Å². The molecule has 2 nitrogen and oxygen atoms in total. The summed E-state index contributed by atoms with van der Waals surface area (Å²) in [7, 11) is -1.26. The van der Waals surface area contributed by atoms with Crippen molar-refractivity contribution in [1.82, 2.24) is 7.05 Å². The molecule has 1 heterocycles. The summed E-state index contributed by atoms with van der Waals surface area (Å²) in [6, 6.07) is 0. The second kappa shape index (κ2) is 8.23. The molecule has 0 unspecified atom stereocenters. The normalized spacial score (nSPS) is 20.0. The van der Waals surface area contributed by atoms with E-state index >= 15 is 0 Å². The number of nitrogens with zero attached hydrogens (tertiary/aromatic N) is 2. The molecule has 4 radical (unpaired) electrons. The molecule has 0 aliphatic carbocycles. The van der Waals surface area contributed by atoms with Crippen LogP contribution in [0.5, 0.6) is 0 Å². The van der Waals surface area contributed by atoms with E-state index in [1.165, 1.54) is 0 Å². The molecule has 1 rings (SSSR count). The van der Waals surface area contributed by atoms with Crippen LogP contribution in [0.1, 0.15) is 41.5 Å². The molecule has 1 aliphatic rings. The molecule has 1 saturated heterocycles. The molecule has 0 aromatic carbocycles. The van der Waals surface area contributed by atoms with Crippen molar-refractivity contribution in [3.05, 3.63) is 0 Å². The molecule has 0 N–H and O–H groups in total. The van der Waals surface area contributed by atoms with Gasteiger partial charge in [0.2, 0.25) is 0 Å². The summed E-state index contributed by atoms with van der Waals surface area (Å²) in [6.07, 6.45) is 0. The average Bonchev–Trinajstić information content (AvgIpc) is 2.18. The van der Waals surface area contributed by atoms with Crippen LogP contribution in [0, 0.1) is 0 Å². The predicted molar refractivity (Wildman–Crippen MR) is 89.7 cm³/mol. The van der Waals surface area contributed by atoms with Gasteiger partial charge in [-0.3, -0.25) is 0 Å². The van der Waals surface area contributed by atoms with Gasteiger partial charge in [-0.15, -0.1) is 0 Å². The van der Waals surface area contributed by atoms with Crippen LogP contribution in [0.2, 0.25) is 24.7 Å². The Morgan fingerprint density at radius 2 is 0.944 bits per heavy atom. The third-order valence-electron chi connectivity index (χ3n) is 2.64. The first-order valence-corrected chi connectivity index (χ1v) is 14.4. The molecule has 1 fully saturated rings. The molecular formula is C12H30GeN2Se2Si. The average molecular weight is 461 g/mol. The first-order valence-electron chi connectivity index (χ1n) is 6.16. The Bertz CT molecular complexity index is 215. The van der Waals surface area contributed by atoms with Gasteiger partial charge in [0.1, 0.15) is 0 Å². The molecule has 0 aromatic heterocycles. The summed E-state index contributed by atoms with van der Waals surface area (Å²) in [6.45, 7) is 19.1. The number of hydrogen-bond acceptors (Lipinski definition) is 2. The van der Waals surface area contributed by atoms with Gasteiger partial charge in [0.15, 0.2) is 0 Å². The summed E-state index contributed by atoms with van der Waals surface area (Å²) in [4.78, 5) is 0. The molecule has 0 amide bonds. The molecule has 18 heavy (non-hydrogen) atoms. The molecule has 1 aliphatic heterocycles. The van der Waals surface area contributed by atoms with Gasteiger partial charge in [0, 0.05) is 0 Å².